The fraction of sp³-hybridized carbons (Fsp3) is 0.250. The largest absolute Gasteiger partial charge is 0.302 e. The molecule has 0 saturated carbocycles. The molecule has 0 fully saturated rings. The Morgan fingerprint density at radius 3 is 1.92 bits per heavy atom. The van der Waals surface area contributed by atoms with Crippen LogP contribution in [0.3, 0.4) is 0 Å². The van der Waals surface area contributed by atoms with Crippen molar-refractivity contribution in [2.75, 3.05) is 0 Å². The second kappa shape index (κ2) is 2.84. The van der Waals surface area contributed by atoms with E-state index in [4.69, 9.17) is 0 Å². The van der Waals surface area contributed by atoms with Gasteiger partial charge in [-0.2, -0.15) is 0 Å². The van der Waals surface area contributed by atoms with E-state index in [9.17, 15) is 4.79 Å². The van der Waals surface area contributed by atoms with E-state index in [1.807, 2.05) is 26.0 Å². The van der Waals surface area contributed by atoms with Crippen LogP contribution in [-0.4, -0.2) is 6.29 Å². The molecule has 1 nitrogen and oxygen atoms in total. The van der Waals surface area contributed by atoms with E-state index >= 15 is 0 Å². The number of carbonyl (C=O) groups excluding carboxylic acids is 1. The highest BCUT2D eigenvalue weighted by Gasteiger charge is 2.18. The molecule has 0 saturated heterocycles. The van der Waals surface area contributed by atoms with Crippen LogP contribution in [0.5, 0.6) is 0 Å². The molecule has 0 aromatic heterocycles. The van der Waals surface area contributed by atoms with Crippen molar-refractivity contribution in [1.29, 1.82) is 0 Å². The van der Waals surface area contributed by atoms with Crippen LogP contribution in [0.4, 0.5) is 0 Å². The standard InChI is InChI=1S/C12H12O/c1-8-10-5-3-4-6-11(10)9(2)12(8)7-13/h3-7,12H,1-2H3. The van der Waals surface area contributed by atoms with E-state index in [0.29, 0.717) is 0 Å². The van der Waals surface area contributed by atoms with Gasteiger partial charge in [-0.25, -0.2) is 0 Å². The summed E-state index contributed by atoms with van der Waals surface area (Å²) in [6.45, 7) is 4.07. The van der Waals surface area contributed by atoms with E-state index < -0.39 is 0 Å². The van der Waals surface area contributed by atoms with Gasteiger partial charge in [-0.1, -0.05) is 35.4 Å². The van der Waals surface area contributed by atoms with Crippen LogP contribution < -0.4 is 10.4 Å². The lowest BCUT2D eigenvalue weighted by Crippen LogP contribution is -2.22. The van der Waals surface area contributed by atoms with Gasteiger partial charge in [-0.15, -0.1) is 0 Å². The Balaban J connectivity index is 2.89. The zero-order chi connectivity index (χ0) is 9.42. The van der Waals surface area contributed by atoms with E-state index in [1.54, 1.807) is 0 Å². The third-order valence-electron chi connectivity index (χ3n) is 2.85. The second-order valence-corrected chi connectivity index (χ2v) is 3.53. The van der Waals surface area contributed by atoms with Crippen LogP contribution in [0, 0.1) is 5.92 Å². The molecule has 0 amide bonds. The lowest BCUT2D eigenvalue weighted by molar-refractivity contribution is -0.108. The van der Waals surface area contributed by atoms with Gasteiger partial charge >= 0.3 is 0 Å². The summed E-state index contributed by atoms with van der Waals surface area (Å²) in [7, 11) is 0. The van der Waals surface area contributed by atoms with Crippen molar-refractivity contribution in [2.45, 2.75) is 13.8 Å². The number of rotatable bonds is 1. The van der Waals surface area contributed by atoms with Crippen molar-refractivity contribution in [3.05, 3.63) is 34.7 Å². The summed E-state index contributed by atoms with van der Waals surface area (Å²) < 4.78 is 0. The first-order chi connectivity index (χ1) is 6.25. The molecule has 1 aromatic rings. The fourth-order valence-electron chi connectivity index (χ4n) is 2.03. The number of hydrogen-bond acceptors (Lipinski definition) is 1. The fourth-order valence-corrected chi connectivity index (χ4v) is 2.03. The second-order valence-electron chi connectivity index (χ2n) is 3.53. The van der Waals surface area contributed by atoms with Crippen LogP contribution in [0.25, 0.3) is 11.1 Å². The molecule has 0 atom stereocenters. The summed E-state index contributed by atoms with van der Waals surface area (Å²) in [4.78, 5) is 10.9. The molecule has 2 rings (SSSR count). The molecular weight excluding hydrogens is 160 g/mol. The Hall–Kier alpha value is -1.37. The first kappa shape index (κ1) is 8.24. The highest BCUT2D eigenvalue weighted by atomic mass is 16.1. The highest BCUT2D eigenvalue weighted by Crippen LogP contribution is 2.19. The van der Waals surface area contributed by atoms with E-state index in [1.165, 1.54) is 21.6 Å². The maximum atomic E-state index is 10.9. The summed E-state index contributed by atoms with van der Waals surface area (Å²) in [5.74, 6) is 0.0115. The van der Waals surface area contributed by atoms with Crippen molar-refractivity contribution in [2.24, 2.45) is 5.92 Å². The Labute approximate surface area is 77.4 Å². The smallest absolute Gasteiger partial charge is 0.131 e. The Bertz CT molecular complexity index is 427. The van der Waals surface area contributed by atoms with Crippen LogP contribution in [-0.2, 0) is 4.79 Å². The molecule has 1 aliphatic rings. The minimum atomic E-state index is 0.0115. The predicted molar refractivity (Wildman–Crippen MR) is 53.4 cm³/mol. The molecule has 0 spiro atoms. The molecule has 1 aromatic carbocycles. The van der Waals surface area contributed by atoms with E-state index in [2.05, 4.69) is 12.1 Å². The number of benzene rings is 1. The van der Waals surface area contributed by atoms with Crippen LogP contribution in [0.1, 0.15) is 13.8 Å². The van der Waals surface area contributed by atoms with Gasteiger partial charge in [0.2, 0.25) is 0 Å². The lowest BCUT2D eigenvalue weighted by Gasteiger charge is -2.04. The Morgan fingerprint density at radius 1 is 1.08 bits per heavy atom. The van der Waals surface area contributed by atoms with Gasteiger partial charge in [-0.3, -0.25) is 0 Å². The third-order valence-corrected chi connectivity index (χ3v) is 2.85. The third kappa shape index (κ3) is 1.04. The van der Waals surface area contributed by atoms with Gasteiger partial charge in [-0.05, 0) is 24.3 Å². The van der Waals surface area contributed by atoms with E-state index in [0.717, 1.165) is 6.29 Å². The van der Waals surface area contributed by atoms with Crippen LogP contribution >= 0.6 is 0 Å². The van der Waals surface area contributed by atoms with Gasteiger partial charge in [0, 0.05) is 0 Å². The minimum absolute atomic E-state index is 0.0115. The quantitative estimate of drug-likeness (QED) is 0.574. The average Bonchev–Trinajstić information content (AvgIpc) is 2.41. The summed E-state index contributed by atoms with van der Waals surface area (Å²) >= 11 is 0. The summed E-state index contributed by atoms with van der Waals surface area (Å²) in [6, 6.07) is 8.20. The van der Waals surface area contributed by atoms with Crippen molar-refractivity contribution in [3.63, 3.8) is 0 Å². The normalized spacial score (nSPS) is 16.2. The first-order valence-electron chi connectivity index (χ1n) is 4.47. The molecule has 0 unspecified atom stereocenters. The first-order valence-corrected chi connectivity index (χ1v) is 4.47. The number of aldehydes is 1. The highest BCUT2D eigenvalue weighted by molar-refractivity contribution is 5.86. The summed E-state index contributed by atoms with van der Waals surface area (Å²) in [6.07, 6.45) is 1.03. The van der Waals surface area contributed by atoms with Gasteiger partial charge in [0.25, 0.3) is 0 Å². The lowest BCUT2D eigenvalue weighted by atomic mass is 9.99. The SMILES string of the molecule is CC1=c2ccccc2=C(C)C1C=O. The molecule has 1 heteroatoms. The summed E-state index contributed by atoms with van der Waals surface area (Å²) in [5.41, 5.74) is 2.37. The average molecular weight is 172 g/mol. The maximum absolute atomic E-state index is 10.9. The van der Waals surface area contributed by atoms with E-state index in [-0.39, 0.29) is 5.92 Å². The van der Waals surface area contributed by atoms with Crippen molar-refractivity contribution in [1.82, 2.24) is 0 Å². The molecule has 66 valence electrons. The van der Waals surface area contributed by atoms with Gasteiger partial charge < -0.3 is 4.79 Å². The predicted octanol–water partition coefficient (Wildman–Crippen LogP) is 0.857. The molecule has 13 heavy (non-hydrogen) atoms. The van der Waals surface area contributed by atoms with Crippen LogP contribution in [0.15, 0.2) is 24.3 Å². The number of fused-ring (bicyclic) bond motifs is 1. The molecular formula is C12H12O. The zero-order valence-electron chi connectivity index (χ0n) is 7.87. The van der Waals surface area contributed by atoms with Crippen molar-refractivity contribution < 1.29 is 4.79 Å². The number of hydrogen-bond donors (Lipinski definition) is 0. The molecule has 0 bridgehead atoms. The van der Waals surface area contributed by atoms with Gasteiger partial charge in [0.05, 0.1) is 5.92 Å². The Kier molecular flexibility index (Phi) is 1.80. The van der Waals surface area contributed by atoms with Gasteiger partial charge in [0.15, 0.2) is 0 Å². The Morgan fingerprint density at radius 2 is 1.54 bits per heavy atom. The zero-order valence-corrected chi connectivity index (χ0v) is 7.87. The molecule has 0 aliphatic heterocycles. The molecule has 0 radical (unpaired) electrons. The molecule has 0 N–H and O–H groups in total. The number of carbonyl (C=O) groups is 1. The van der Waals surface area contributed by atoms with Gasteiger partial charge in [0.1, 0.15) is 6.29 Å². The van der Waals surface area contributed by atoms with Crippen molar-refractivity contribution >= 4 is 17.4 Å². The maximum Gasteiger partial charge on any atom is 0.131 e. The molecule has 1 aliphatic carbocycles. The van der Waals surface area contributed by atoms with Crippen molar-refractivity contribution in [3.8, 4) is 0 Å². The minimum Gasteiger partial charge on any atom is -0.302 e. The monoisotopic (exact) mass is 172 g/mol. The van der Waals surface area contributed by atoms with Crippen LogP contribution in [0.2, 0.25) is 0 Å². The molecule has 0 heterocycles. The summed E-state index contributed by atoms with van der Waals surface area (Å²) in [5, 5.41) is 2.47. The topological polar surface area (TPSA) is 17.1 Å².